The molecule has 2 aliphatic heterocycles. The number of nitrogens with zero attached hydrogens (tertiary/aromatic N) is 2. The summed E-state index contributed by atoms with van der Waals surface area (Å²) in [6.45, 7) is 2.22. The van der Waals surface area contributed by atoms with Crippen molar-refractivity contribution < 1.29 is 14.3 Å². The summed E-state index contributed by atoms with van der Waals surface area (Å²) in [6, 6.07) is 7.66. The summed E-state index contributed by atoms with van der Waals surface area (Å²) in [4.78, 5) is 19.6. The van der Waals surface area contributed by atoms with Crippen LogP contribution in [0.3, 0.4) is 0 Å². The van der Waals surface area contributed by atoms with Gasteiger partial charge in [-0.15, -0.1) is 0 Å². The van der Waals surface area contributed by atoms with E-state index in [1.54, 1.807) is 13.3 Å². The number of carbonyl (C=O) groups excluding carboxylic acids is 1. The number of hydrogen-bond donors (Lipinski definition) is 0. The van der Waals surface area contributed by atoms with Crippen molar-refractivity contribution in [2.75, 3.05) is 26.9 Å². The van der Waals surface area contributed by atoms with Crippen LogP contribution in [0.2, 0.25) is 0 Å². The lowest BCUT2D eigenvalue weighted by Gasteiger charge is -2.44. The molecule has 126 valence electrons. The fourth-order valence-electron chi connectivity index (χ4n) is 3.92. The van der Waals surface area contributed by atoms with Gasteiger partial charge in [-0.3, -0.25) is 9.78 Å². The van der Waals surface area contributed by atoms with E-state index in [2.05, 4.69) is 4.98 Å². The molecule has 2 saturated heterocycles. The Labute approximate surface area is 141 Å². The minimum absolute atomic E-state index is 0.0745. The lowest BCUT2D eigenvalue weighted by atomic mass is 9.85. The molecular formula is C19H22N2O3. The van der Waals surface area contributed by atoms with Crippen LogP contribution >= 0.6 is 0 Å². The summed E-state index contributed by atoms with van der Waals surface area (Å²) >= 11 is 0. The number of hydrogen-bond acceptors (Lipinski definition) is 4. The third-order valence-corrected chi connectivity index (χ3v) is 5.31. The Morgan fingerprint density at radius 3 is 3.00 bits per heavy atom. The smallest absolute Gasteiger partial charge is 0.255 e. The molecule has 0 radical (unpaired) electrons. The maximum absolute atomic E-state index is 13.1. The Bertz CT molecular complexity index is 768. The molecule has 1 amide bonds. The number of rotatable bonds is 2. The zero-order valence-electron chi connectivity index (χ0n) is 14.0. The molecule has 4 rings (SSSR count). The van der Waals surface area contributed by atoms with Crippen molar-refractivity contribution in [3.8, 4) is 5.75 Å². The molecule has 3 heterocycles. The molecule has 0 aliphatic carbocycles. The van der Waals surface area contributed by atoms with Gasteiger partial charge in [-0.05, 0) is 43.9 Å². The molecule has 1 unspecified atom stereocenters. The van der Waals surface area contributed by atoms with Crippen LogP contribution < -0.4 is 4.74 Å². The molecule has 5 heteroatoms. The van der Waals surface area contributed by atoms with Gasteiger partial charge in [0, 0.05) is 30.8 Å². The number of benzene rings is 1. The number of aromatic nitrogens is 1. The zero-order valence-corrected chi connectivity index (χ0v) is 14.0. The van der Waals surface area contributed by atoms with E-state index < -0.39 is 0 Å². The predicted molar refractivity (Wildman–Crippen MR) is 91.3 cm³/mol. The number of amides is 1. The van der Waals surface area contributed by atoms with Crippen molar-refractivity contribution in [3.05, 3.63) is 36.0 Å². The Morgan fingerprint density at radius 2 is 2.21 bits per heavy atom. The van der Waals surface area contributed by atoms with E-state index in [1.165, 1.54) is 6.42 Å². The summed E-state index contributed by atoms with van der Waals surface area (Å²) < 4.78 is 10.9. The van der Waals surface area contributed by atoms with Gasteiger partial charge in [0.05, 0.1) is 30.3 Å². The van der Waals surface area contributed by atoms with Gasteiger partial charge in [-0.25, -0.2) is 0 Å². The zero-order chi connectivity index (χ0) is 16.6. The van der Waals surface area contributed by atoms with Gasteiger partial charge in [-0.2, -0.15) is 0 Å². The quantitative estimate of drug-likeness (QED) is 0.851. The van der Waals surface area contributed by atoms with Crippen molar-refractivity contribution in [2.45, 2.75) is 31.2 Å². The van der Waals surface area contributed by atoms with E-state index in [0.29, 0.717) is 12.2 Å². The lowest BCUT2D eigenvalue weighted by molar-refractivity contribution is 0.0255. The fourth-order valence-corrected chi connectivity index (χ4v) is 3.92. The Balaban J connectivity index is 1.67. The van der Waals surface area contributed by atoms with E-state index in [9.17, 15) is 4.79 Å². The second kappa shape index (κ2) is 6.06. The molecule has 2 aliphatic rings. The Hall–Kier alpha value is -2.14. The SMILES string of the molecule is COc1ccc2cc(C(=O)N3CCCCC34CCOC4)cnc2c1. The van der Waals surface area contributed by atoms with E-state index in [0.717, 1.165) is 49.1 Å². The highest BCUT2D eigenvalue weighted by Crippen LogP contribution is 2.36. The van der Waals surface area contributed by atoms with Crippen molar-refractivity contribution in [2.24, 2.45) is 0 Å². The largest absolute Gasteiger partial charge is 0.497 e. The number of ether oxygens (including phenoxy) is 2. The summed E-state index contributed by atoms with van der Waals surface area (Å²) in [5, 5.41) is 0.954. The van der Waals surface area contributed by atoms with Gasteiger partial charge in [0.1, 0.15) is 5.75 Å². The van der Waals surface area contributed by atoms with Crippen molar-refractivity contribution in [3.63, 3.8) is 0 Å². The average molecular weight is 326 g/mol. The van der Waals surface area contributed by atoms with Crippen LogP contribution in [0.5, 0.6) is 5.75 Å². The highest BCUT2D eigenvalue weighted by Gasteiger charge is 2.44. The molecule has 1 aromatic carbocycles. The number of likely N-dealkylation sites (tertiary alicyclic amines) is 1. The van der Waals surface area contributed by atoms with Gasteiger partial charge in [0.25, 0.3) is 5.91 Å². The van der Waals surface area contributed by atoms with Gasteiger partial charge >= 0.3 is 0 Å². The monoisotopic (exact) mass is 326 g/mol. The van der Waals surface area contributed by atoms with Crippen molar-refractivity contribution in [1.82, 2.24) is 9.88 Å². The van der Waals surface area contributed by atoms with Crippen LogP contribution in [0.4, 0.5) is 0 Å². The minimum atomic E-state index is -0.107. The standard InChI is InChI=1S/C19H22N2O3/c1-23-16-5-4-14-10-15(12-20-17(14)11-16)18(22)21-8-3-2-6-19(21)7-9-24-13-19/h4-5,10-12H,2-3,6-9,13H2,1H3. The lowest BCUT2D eigenvalue weighted by Crippen LogP contribution is -2.55. The number of fused-ring (bicyclic) bond motifs is 1. The van der Waals surface area contributed by atoms with Crippen LogP contribution in [0, 0.1) is 0 Å². The molecule has 2 fully saturated rings. The van der Waals surface area contributed by atoms with Crippen molar-refractivity contribution in [1.29, 1.82) is 0 Å². The normalized spacial score (nSPS) is 23.8. The summed E-state index contributed by atoms with van der Waals surface area (Å²) in [5.74, 6) is 0.845. The first-order chi connectivity index (χ1) is 11.7. The van der Waals surface area contributed by atoms with E-state index >= 15 is 0 Å². The first kappa shape index (κ1) is 15.4. The van der Waals surface area contributed by atoms with Crippen LogP contribution in [-0.4, -0.2) is 48.2 Å². The van der Waals surface area contributed by atoms with Gasteiger partial charge in [0.2, 0.25) is 0 Å². The predicted octanol–water partition coefficient (Wildman–Crippen LogP) is 3.03. The molecule has 0 saturated carbocycles. The topological polar surface area (TPSA) is 51.7 Å². The maximum Gasteiger partial charge on any atom is 0.255 e. The molecular weight excluding hydrogens is 304 g/mol. The number of methoxy groups -OCH3 is 1. The third kappa shape index (κ3) is 2.53. The maximum atomic E-state index is 13.1. The summed E-state index contributed by atoms with van der Waals surface area (Å²) in [6.07, 6.45) is 5.89. The van der Waals surface area contributed by atoms with Crippen LogP contribution in [0.15, 0.2) is 30.5 Å². The van der Waals surface area contributed by atoms with E-state index in [1.807, 2.05) is 29.2 Å². The second-order valence-corrected chi connectivity index (χ2v) is 6.72. The Morgan fingerprint density at radius 1 is 1.29 bits per heavy atom. The third-order valence-electron chi connectivity index (χ3n) is 5.31. The van der Waals surface area contributed by atoms with Crippen molar-refractivity contribution >= 4 is 16.8 Å². The molecule has 0 N–H and O–H groups in total. The molecule has 1 aromatic heterocycles. The van der Waals surface area contributed by atoms with Crippen LogP contribution in [-0.2, 0) is 4.74 Å². The summed E-state index contributed by atoms with van der Waals surface area (Å²) in [5.41, 5.74) is 1.38. The van der Waals surface area contributed by atoms with Gasteiger partial charge < -0.3 is 14.4 Å². The van der Waals surface area contributed by atoms with Crippen LogP contribution in [0.25, 0.3) is 10.9 Å². The molecule has 1 atom stereocenters. The highest BCUT2D eigenvalue weighted by molar-refractivity contribution is 5.98. The number of piperidine rings is 1. The van der Waals surface area contributed by atoms with Gasteiger partial charge in [-0.1, -0.05) is 0 Å². The second-order valence-electron chi connectivity index (χ2n) is 6.72. The average Bonchev–Trinajstić information content (AvgIpc) is 3.09. The number of pyridine rings is 1. The fraction of sp³-hybridized carbons (Fsp3) is 0.474. The molecule has 1 spiro atoms. The first-order valence-corrected chi connectivity index (χ1v) is 8.55. The van der Waals surface area contributed by atoms with E-state index in [-0.39, 0.29) is 11.4 Å². The first-order valence-electron chi connectivity index (χ1n) is 8.55. The minimum Gasteiger partial charge on any atom is -0.497 e. The van der Waals surface area contributed by atoms with E-state index in [4.69, 9.17) is 9.47 Å². The van der Waals surface area contributed by atoms with Gasteiger partial charge in [0.15, 0.2) is 0 Å². The molecule has 2 aromatic rings. The Kier molecular flexibility index (Phi) is 3.88. The molecule has 5 nitrogen and oxygen atoms in total. The summed E-state index contributed by atoms with van der Waals surface area (Å²) in [7, 11) is 1.64. The molecule has 0 bridgehead atoms. The highest BCUT2D eigenvalue weighted by atomic mass is 16.5. The number of carbonyl (C=O) groups is 1. The van der Waals surface area contributed by atoms with Crippen LogP contribution in [0.1, 0.15) is 36.0 Å². The molecule has 24 heavy (non-hydrogen) atoms.